The summed E-state index contributed by atoms with van der Waals surface area (Å²) in [5.74, 6) is -0.797. The zero-order valence-corrected chi connectivity index (χ0v) is 9.96. The highest BCUT2D eigenvalue weighted by molar-refractivity contribution is 8.14. The smallest absolute Gasteiger partial charge is 0.315 e. The van der Waals surface area contributed by atoms with Gasteiger partial charge in [0.15, 0.2) is 0 Å². The van der Waals surface area contributed by atoms with E-state index in [1.165, 1.54) is 11.8 Å². The largest absolute Gasteiger partial charge is 0.481 e. The lowest BCUT2D eigenvalue weighted by Crippen LogP contribution is -2.37. The van der Waals surface area contributed by atoms with Gasteiger partial charge in [0.25, 0.3) is 0 Å². The molecule has 7 heteroatoms. The van der Waals surface area contributed by atoms with Crippen molar-refractivity contribution in [2.45, 2.75) is 43.0 Å². The van der Waals surface area contributed by atoms with E-state index in [0.29, 0.717) is 6.42 Å². The van der Waals surface area contributed by atoms with Crippen molar-refractivity contribution < 1.29 is 19.5 Å². The number of hydrogen-bond acceptors (Lipinski definition) is 4. The van der Waals surface area contributed by atoms with Crippen molar-refractivity contribution in [3.8, 4) is 0 Å². The van der Waals surface area contributed by atoms with E-state index in [1.807, 2.05) is 0 Å². The van der Waals surface area contributed by atoms with E-state index < -0.39 is 12.0 Å². The minimum Gasteiger partial charge on any atom is -0.481 e. The first-order valence-corrected chi connectivity index (χ1v) is 6.45. The predicted octanol–water partition coefficient (Wildman–Crippen LogP) is 0.323. The molecule has 0 aliphatic carbocycles. The Labute approximate surface area is 103 Å². The highest BCUT2D eigenvalue weighted by atomic mass is 32.2. The zero-order valence-electron chi connectivity index (χ0n) is 9.14. The Kier molecular flexibility index (Phi) is 3.56. The minimum absolute atomic E-state index is 0.00316. The van der Waals surface area contributed by atoms with Crippen molar-refractivity contribution >= 4 is 28.9 Å². The molecule has 0 radical (unpaired) electrons. The molecule has 0 saturated carbocycles. The van der Waals surface area contributed by atoms with Gasteiger partial charge >= 0.3 is 12.0 Å². The Balaban J connectivity index is 1.80. The normalized spacial score (nSPS) is 30.9. The summed E-state index contributed by atoms with van der Waals surface area (Å²) in [4.78, 5) is 33.0. The maximum absolute atomic E-state index is 11.6. The van der Waals surface area contributed by atoms with Crippen LogP contribution in [-0.4, -0.2) is 39.6 Å². The van der Waals surface area contributed by atoms with Gasteiger partial charge in [-0.25, -0.2) is 4.79 Å². The van der Waals surface area contributed by atoms with Crippen molar-refractivity contribution in [1.29, 1.82) is 0 Å². The Morgan fingerprint density at radius 3 is 2.76 bits per heavy atom. The fourth-order valence-corrected chi connectivity index (χ4v) is 3.48. The van der Waals surface area contributed by atoms with Crippen LogP contribution in [0.15, 0.2) is 0 Å². The topological polar surface area (TPSA) is 95.5 Å². The van der Waals surface area contributed by atoms with Gasteiger partial charge in [0, 0.05) is 11.7 Å². The molecule has 2 aliphatic heterocycles. The van der Waals surface area contributed by atoms with Crippen LogP contribution in [0.4, 0.5) is 4.79 Å². The van der Waals surface area contributed by atoms with Gasteiger partial charge in [-0.3, -0.25) is 9.59 Å². The molecule has 0 aromatic heterocycles. The number of aliphatic carboxylic acids is 1. The molecule has 2 amide bonds. The predicted molar refractivity (Wildman–Crippen MR) is 61.7 cm³/mol. The lowest BCUT2D eigenvalue weighted by molar-refractivity contribution is -0.137. The standard InChI is InChI=1S/C10H14N2O4S/c13-6(14)4-2-1-3-5-7-8(9(15)17-5)12-10(16)11-7/h5,7-8H,1-4H2,(H,13,14)(H2,11,12,16)/t5-,7+,8+/m1/s1. The maximum Gasteiger partial charge on any atom is 0.315 e. The first-order valence-electron chi connectivity index (χ1n) is 5.57. The monoisotopic (exact) mass is 258 g/mol. The summed E-state index contributed by atoms with van der Waals surface area (Å²) in [5.41, 5.74) is 0. The molecule has 3 atom stereocenters. The van der Waals surface area contributed by atoms with E-state index in [-0.39, 0.29) is 28.9 Å². The molecule has 94 valence electrons. The van der Waals surface area contributed by atoms with Crippen LogP contribution in [0, 0.1) is 0 Å². The number of urea groups is 1. The van der Waals surface area contributed by atoms with Crippen molar-refractivity contribution in [2.24, 2.45) is 0 Å². The minimum atomic E-state index is -0.797. The Bertz CT molecular complexity index is 360. The van der Waals surface area contributed by atoms with Crippen LogP contribution in [-0.2, 0) is 9.59 Å². The van der Waals surface area contributed by atoms with Gasteiger partial charge in [0.05, 0.1) is 6.04 Å². The van der Waals surface area contributed by atoms with Crippen LogP contribution in [0.3, 0.4) is 0 Å². The SMILES string of the molecule is O=C(O)CCCC[C@H]1SC(=O)[C@H]2NC(=O)N[C@H]21. The molecule has 2 fully saturated rings. The number of fused-ring (bicyclic) bond motifs is 1. The number of thioether (sulfide) groups is 1. The van der Waals surface area contributed by atoms with Gasteiger partial charge in [-0.1, -0.05) is 18.2 Å². The first kappa shape index (κ1) is 12.2. The van der Waals surface area contributed by atoms with Crippen molar-refractivity contribution in [2.75, 3.05) is 0 Å². The molecule has 0 bridgehead atoms. The lowest BCUT2D eigenvalue weighted by atomic mass is 10.0. The van der Waals surface area contributed by atoms with Crippen molar-refractivity contribution in [3.63, 3.8) is 0 Å². The fourth-order valence-electron chi connectivity index (χ4n) is 2.18. The molecule has 2 aliphatic rings. The molecule has 2 saturated heterocycles. The van der Waals surface area contributed by atoms with Gasteiger partial charge < -0.3 is 15.7 Å². The molecule has 0 aromatic rings. The second kappa shape index (κ2) is 4.95. The van der Waals surface area contributed by atoms with Crippen molar-refractivity contribution in [1.82, 2.24) is 10.6 Å². The molecule has 2 heterocycles. The molecule has 0 spiro atoms. The van der Waals surface area contributed by atoms with Crippen LogP contribution in [0.25, 0.3) is 0 Å². The van der Waals surface area contributed by atoms with Gasteiger partial charge in [0.2, 0.25) is 5.12 Å². The third kappa shape index (κ3) is 2.71. The molecular formula is C10H14N2O4S. The number of carbonyl (C=O) groups excluding carboxylic acids is 2. The van der Waals surface area contributed by atoms with Gasteiger partial charge in [0.1, 0.15) is 6.04 Å². The van der Waals surface area contributed by atoms with E-state index in [4.69, 9.17) is 5.11 Å². The number of carboxylic acid groups (broad SMARTS) is 1. The molecule has 2 rings (SSSR count). The summed E-state index contributed by atoms with van der Waals surface area (Å²) in [6.07, 6.45) is 2.28. The van der Waals surface area contributed by atoms with E-state index in [1.54, 1.807) is 0 Å². The second-order valence-electron chi connectivity index (χ2n) is 4.24. The Morgan fingerprint density at radius 1 is 1.29 bits per heavy atom. The van der Waals surface area contributed by atoms with Crippen molar-refractivity contribution in [3.05, 3.63) is 0 Å². The van der Waals surface area contributed by atoms with Crippen LogP contribution in [0.2, 0.25) is 0 Å². The third-order valence-corrected chi connectivity index (χ3v) is 4.31. The number of nitrogens with one attached hydrogen (secondary N) is 2. The number of carbonyl (C=O) groups is 3. The van der Waals surface area contributed by atoms with E-state index in [0.717, 1.165) is 12.8 Å². The third-order valence-electron chi connectivity index (χ3n) is 2.99. The van der Waals surface area contributed by atoms with Gasteiger partial charge in [-0.15, -0.1) is 0 Å². The Morgan fingerprint density at radius 2 is 2.06 bits per heavy atom. The quantitative estimate of drug-likeness (QED) is 0.487. The molecule has 3 N–H and O–H groups in total. The van der Waals surface area contributed by atoms with E-state index in [9.17, 15) is 14.4 Å². The summed E-state index contributed by atoms with van der Waals surface area (Å²) in [6, 6.07) is -0.828. The van der Waals surface area contributed by atoms with Crippen LogP contribution >= 0.6 is 11.8 Å². The highest BCUT2D eigenvalue weighted by Crippen LogP contribution is 2.34. The van der Waals surface area contributed by atoms with E-state index in [2.05, 4.69) is 10.6 Å². The average molecular weight is 258 g/mol. The number of carboxylic acids is 1. The number of amides is 2. The van der Waals surface area contributed by atoms with E-state index >= 15 is 0 Å². The number of hydrogen-bond donors (Lipinski definition) is 3. The molecule has 17 heavy (non-hydrogen) atoms. The van der Waals surface area contributed by atoms with Gasteiger partial charge in [-0.05, 0) is 12.8 Å². The second-order valence-corrected chi connectivity index (χ2v) is 5.48. The molecule has 0 unspecified atom stereocenters. The summed E-state index contributed by atoms with van der Waals surface area (Å²) < 4.78 is 0. The summed E-state index contributed by atoms with van der Waals surface area (Å²) in [6.45, 7) is 0. The van der Waals surface area contributed by atoms with Crippen LogP contribution < -0.4 is 10.6 Å². The van der Waals surface area contributed by atoms with Gasteiger partial charge in [-0.2, -0.15) is 0 Å². The summed E-state index contributed by atoms with van der Waals surface area (Å²) in [5, 5.41) is 13.9. The van der Waals surface area contributed by atoms with Crippen LogP contribution in [0.1, 0.15) is 25.7 Å². The fraction of sp³-hybridized carbons (Fsp3) is 0.700. The summed E-state index contributed by atoms with van der Waals surface area (Å²) >= 11 is 1.25. The summed E-state index contributed by atoms with van der Waals surface area (Å²) in [7, 11) is 0. The highest BCUT2D eigenvalue weighted by Gasteiger charge is 2.48. The molecular weight excluding hydrogens is 244 g/mol. The lowest BCUT2D eigenvalue weighted by Gasteiger charge is -2.14. The molecule has 0 aromatic carbocycles. The number of unbranched alkanes of at least 4 members (excludes halogenated alkanes) is 1. The first-order chi connectivity index (χ1) is 8.08. The average Bonchev–Trinajstić information content (AvgIpc) is 2.74. The maximum atomic E-state index is 11.6. The van der Waals surface area contributed by atoms with Crippen LogP contribution in [0.5, 0.6) is 0 Å². The molecule has 6 nitrogen and oxygen atoms in total. The number of rotatable bonds is 5. The Hall–Kier alpha value is -1.24. The zero-order chi connectivity index (χ0) is 12.4.